The van der Waals surface area contributed by atoms with Crippen LogP contribution in [0.4, 0.5) is 0 Å². The van der Waals surface area contributed by atoms with Gasteiger partial charge in [-0.25, -0.2) is 0 Å². The molecule has 1 saturated carbocycles. The summed E-state index contributed by atoms with van der Waals surface area (Å²) in [5.74, 6) is 1.73. The molecule has 2 N–H and O–H groups in total. The Morgan fingerprint density at radius 3 is 2.88 bits per heavy atom. The molecule has 2 fully saturated rings. The van der Waals surface area contributed by atoms with E-state index in [0.717, 1.165) is 25.4 Å². The summed E-state index contributed by atoms with van der Waals surface area (Å²) in [5, 5.41) is 6.46. The third-order valence-corrected chi connectivity index (χ3v) is 3.99. The van der Waals surface area contributed by atoms with Crippen molar-refractivity contribution in [3.63, 3.8) is 0 Å². The van der Waals surface area contributed by atoms with Crippen molar-refractivity contribution in [3.05, 3.63) is 0 Å². The van der Waals surface area contributed by atoms with Crippen LogP contribution in [-0.4, -0.2) is 25.0 Å². The Morgan fingerprint density at radius 2 is 2.25 bits per heavy atom. The maximum Gasteiger partial charge on any atom is 0.220 e. The SMILES string of the molecule is CC1CCC(CC(=O)NCC2CCCN2)C1. The largest absolute Gasteiger partial charge is 0.355 e. The average Bonchev–Trinajstić information content (AvgIpc) is 2.87. The van der Waals surface area contributed by atoms with Crippen LogP contribution in [0.2, 0.25) is 0 Å². The zero-order valence-corrected chi connectivity index (χ0v) is 10.3. The molecule has 1 amide bonds. The van der Waals surface area contributed by atoms with Gasteiger partial charge in [-0.05, 0) is 44.1 Å². The second-order valence-electron chi connectivity index (χ2n) is 5.59. The van der Waals surface area contributed by atoms with E-state index in [0.29, 0.717) is 12.0 Å². The molecule has 1 heterocycles. The number of nitrogens with one attached hydrogen (secondary N) is 2. The second kappa shape index (κ2) is 5.67. The normalized spacial score (nSPS) is 34.2. The van der Waals surface area contributed by atoms with Crippen LogP contribution in [0.25, 0.3) is 0 Å². The fourth-order valence-electron chi connectivity index (χ4n) is 3.01. The molecule has 16 heavy (non-hydrogen) atoms. The number of hydrogen-bond donors (Lipinski definition) is 2. The van der Waals surface area contributed by atoms with Crippen molar-refractivity contribution in [2.75, 3.05) is 13.1 Å². The topological polar surface area (TPSA) is 41.1 Å². The summed E-state index contributed by atoms with van der Waals surface area (Å²) in [7, 11) is 0. The van der Waals surface area contributed by atoms with Gasteiger partial charge in [0.1, 0.15) is 0 Å². The van der Waals surface area contributed by atoms with Gasteiger partial charge >= 0.3 is 0 Å². The Balaban J connectivity index is 1.60. The van der Waals surface area contributed by atoms with E-state index in [1.54, 1.807) is 0 Å². The number of amides is 1. The number of hydrogen-bond acceptors (Lipinski definition) is 2. The Kier molecular flexibility index (Phi) is 4.22. The fraction of sp³-hybridized carbons (Fsp3) is 0.923. The quantitative estimate of drug-likeness (QED) is 0.763. The van der Waals surface area contributed by atoms with Gasteiger partial charge in [-0.3, -0.25) is 4.79 Å². The predicted octanol–water partition coefficient (Wildman–Crippen LogP) is 1.68. The van der Waals surface area contributed by atoms with Crippen LogP contribution in [0.5, 0.6) is 0 Å². The molecule has 0 spiro atoms. The van der Waals surface area contributed by atoms with Gasteiger partial charge in [0.05, 0.1) is 0 Å². The number of rotatable bonds is 4. The molecule has 3 unspecified atom stereocenters. The lowest BCUT2D eigenvalue weighted by Gasteiger charge is -2.13. The first-order valence-corrected chi connectivity index (χ1v) is 6.74. The maximum absolute atomic E-state index is 11.7. The van der Waals surface area contributed by atoms with E-state index in [-0.39, 0.29) is 5.91 Å². The summed E-state index contributed by atoms with van der Waals surface area (Å²) in [6.07, 6.45) is 7.01. The molecule has 0 aromatic heterocycles. The van der Waals surface area contributed by atoms with Gasteiger partial charge in [0, 0.05) is 19.0 Å². The highest BCUT2D eigenvalue weighted by atomic mass is 16.1. The third-order valence-electron chi connectivity index (χ3n) is 3.99. The minimum absolute atomic E-state index is 0.257. The predicted molar refractivity (Wildman–Crippen MR) is 65.2 cm³/mol. The first-order valence-electron chi connectivity index (χ1n) is 6.74. The van der Waals surface area contributed by atoms with Crippen molar-refractivity contribution >= 4 is 5.91 Å². The van der Waals surface area contributed by atoms with Crippen molar-refractivity contribution in [3.8, 4) is 0 Å². The molecule has 2 aliphatic rings. The zero-order chi connectivity index (χ0) is 11.4. The van der Waals surface area contributed by atoms with Crippen molar-refractivity contribution in [2.45, 2.75) is 51.5 Å². The third kappa shape index (κ3) is 3.48. The molecule has 2 rings (SSSR count). The summed E-state index contributed by atoms with van der Waals surface area (Å²) < 4.78 is 0. The van der Waals surface area contributed by atoms with E-state index in [4.69, 9.17) is 0 Å². The molecule has 3 atom stereocenters. The molecule has 0 bridgehead atoms. The number of carbonyl (C=O) groups is 1. The van der Waals surface area contributed by atoms with E-state index in [1.165, 1.54) is 32.1 Å². The fourth-order valence-corrected chi connectivity index (χ4v) is 3.01. The average molecular weight is 224 g/mol. The van der Waals surface area contributed by atoms with E-state index in [9.17, 15) is 4.79 Å². The lowest BCUT2D eigenvalue weighted by atomic mass is 10.0. The molecule has 1 saturated heterocycles. The molecular formula is C13H24N2O. The van der Waals surface area contributed by atoms with E-state index < -0.39 is 0 Å². The van der Waals surface area contributed by atoms with Gasteiger partial charge in [-0.1, -0.05) is 13.3 Å². The molecule has 1 aliphatic heterocycles. The van der Waals surface area contributed by atoms with Gasteiger partial charge in [0.25, 0.3) is 0 Å². The molecule has 0 aromatic rings. The lowest BCUT2D eigenvalue weighted by Crippen LogP contribution is -2.37. The summed E-state index contributed by atoms with van der Waals surface area (Å²) in [5.41, 5.74) is 0. The van der Waals surface area contributed by atoms with E-state index >= 15 is 0 Å². The van der Waals surface area contributed by atoms with Crippen molar-refractivity contribution < 1.29 is 4.79 Å². The Labute approximate surface area is 98.4 Å². The standard InChI is InChI=1S/C13H24N2O/c1-10-4-5-11(7-10)8-13(16)15-9-12-3-2-6-14-12/h10-12,14H,2-9H2,1H3,(H,15,16). The van der Waals surface area contributed by atoms with Gasteiger partial charge in [-0.15, -0.1) is 0 Å². The summed E-state index contributed by atoms with van der Waals surface area (Å²) in [6.45, 7) is 4.22. The van der Waals surface area contributed by atoms with E-state index in [2.05, 4.69) is 17.6 Å². The van der Waals surface area contributed by atoms with Gasteiger partial charge in [0.15, 0.2) is 0 Å². The van der Waals surface area contributed by atoms with Gasteiger partial charge < -0.3 is 10.6 Å². The Morgan fingerprint density at radius 1 is 1.38 bits per heavy atom. The zero-order valence-electron chi connectivity index (χ0n) is 10.3. The maximum atomic E-state index is 11.7. The minimum Gasteiger partial charge on any atom is -0.355 e. The molecule has 0 radical (unpaired) electrons. The molecule has 3 heteroatoms. The van der Waals surface area contributed by atoms with E-state index in [1.807, 2.05) is 0 Å². The van der Waals surface area contributed by atoms with Crippen LogP contribution >= 0.6 is 0 Å². The van der Waals surface area contributed by atoms with Crippen LogP contribution in [-0.2, 0) is 4.79 Å². The lowest BCUT2D eigenvalue weighted by molar-refractivity contribution is -0.122. The first-order chi connectivity index (χ1) is 7.74. The minimum atomic E-state index is 0.257. The van der Waals surface area contributed by atoms with Crippen LogP contribution in [0.1, 0.15) is 45.4 Å². The summed E-state index contributed by atoms with van der Waals surface area (Å²) >= 11 is 0. The van der Waals surface area contributed by atoms with Crippen molar-refractivity contribution in [1.82, 2.24) is 10.6 Å². The van der Waals surface area contributed by atoms with Crippen molar-refractivity contribution in [1.29, 1.82) is 0 Å². The summed E-state index contributed by atoms with van der Waals surface area (Å²) in [6, 6.07) is 0.520. The molecule has 92 valence electrons. The van der Waals surface area contributed by atoms with Crippen LogP contribution in [0.3, 0.4) is 0 Å². The molecule has 1 aliphatic carbocycles. The van der Waals surface area contributed by atoms with Crippen LogP contribution in [0, 0.1) is 11.8 Å². The highest BCUT2D eigenvalue weighted by Gasteiger charge is 2.23. The number of carbonyl (C=O) groups excluding carboxylic acids is 1. The van der Waals surface area contributed by atoms with Gasteiger partial charge in [-0.2, -0.15) is 0 Å². The molecule has 3 nitrogen and oxygen atoms in total. The smallest absolute Gasteiger partial charge is 0.220 e. The summed E-state index contributed by atoms with van der Waals surface area (Å²) in [4.78, 5) is 11.7. The monoisotopic (exact) mass is 224 g/mol. The Hall–Kier alpha value is -0.570. The molecular weight excluding hydrogens is 200 g/mol. The van der Waals surface area contributed by atoms with Crippen LogP contribution < -0.4 is 10.6 Å². The molecule has 0 aromatic carbocycles. The highest BCUT2D eigenvalue weighted by molar-refractivity contribution is 5.76. The highest BCUT2D eigenvalue weighted by Crippen LogP contribution is 2.32. The first kappa shape index (κ1) is 11.9. The Bertz CT molecular complexity index is 236. The second-order valence-corrected chi connectivity index (χ2v) is 5.59. The van der Waals surface area contributed by atoms with Crippen molar-refractivity contribution in [2.24, 2.45) is 11.8 Å². The van der Waals surface area contributed by atoms with Gasteiger partial charge in [0.2, 0.25) is 5.91 Å². The van der Waals surface area contributed by atoms with Crippen LogP contribution in [0.15, 0.2) is 0 Å².